The topological polar surface area (TPSA) is 13.1 Å². The van der Waals surface area contributed by atoms with Gasteiger partial charge in [-0.2, -0.15) is 0 Å². The Morgan fingerprint density at radius 3 is 1.55 bits per heavy atom. The Balaban J connectivity index is 1.21. The number of hydrogen-bond acceptors (Lipinski definition) is 1. The van der Waals surface area contributed by atoms with Crippen LogP contribution in [0.4, 0.5) is 0 Å². The zero-order valence-corrected chi connectivity index (χ0v) is 33.1. The fourth-order valence-corrected chi connectivity index (χ4v) is 10.0. The lowest BCUT2D eigenvalue weighted by Gasteiger charge is -2.29. The van der Waals surface area contributed by atoms with Crippen LogP contribution < -0.4 is 43.7 Å². The molecular weight excluding hydrogens is 715 g/mol. The summed E-state index contributed by atoms with van der Waals surface area (Å²) in [5, 5.41) is 6.62. The van der Waals surface area contributed by atoms with Crippen LogP contribution in [0.1, 0.15) is 25.0 Å². The van der Waals surface area contributed by atoms with Crippen molar-refractivity contribution in [3.05, 3.63) is 132 Å². The zero-order valence-electron chi connectivity index (χ0n) is 33.1. The van der Waals surface area contributed by atoms with Crippen LogP contribution in [-0.2, 0) is 5.41 Å². The van der Waals surface area contributed by atoms with Crippen molar-refractivity contribution < 1.29 is 4.42 Å². The summed E-state index contributed by atoms with van der Waals surface area (Å²) in [5.74, 6) is 0. The van der Waals surface area contributed by atoms with Crippen LogP contribution >= 0.6 is 0 Å². The van der Waals surface area contributed by atoms with E-state index in [9.17, 15) is 0 Å². The maximum absolute atomic E-state index is 7.08. The Labute approximate surface area is 359 Å². The molecule has 9 aromatic carbocycles. The van der Waals surface area contributed by atoms with E-state index in [1.807, 2.05) is 36.4 Å². The van der Waals surface area contributed by atoms with Gasteiger partial charge in [0.05, 0.1) is 0 Å². The summed E-state index contributed by atoms with van der Waals surface area (Å²) in [6, 6.07) is 41.8. The fourth-order valence-electron chi connectivity index (χ4n) is 10.0. The van der Waals surface area contributed by atoms with E-state index in [-0.39, 0.29) is 49.1 Å². The summed E-state index contributed by atoms with van der Waals surface area (Å²) < 4.78 is 6.51. The van der Waals surface area contributed by atoms with Gasteiger partial charge in [-0.15, -0.1) is 21.9 Å². The smallest absolute Gasteiger partial charge is 0.143 e. The monoisotopic (exact) mass is 742 g/mol. The van der Waals surface area contributed by atoms with Crippen molar-refractivity contribution in [3.8, 4) is 44.5 Å². The molecule has 0 amide bonds. The fraction of sp³-hybridized carbons (Fsp3) is 0.0588. The van der Waals surface area contributed by atoms with E-state index in [1.165, 1.54) is 11.1 Å². The first-order chi connectivity index (χ1) is 28.9. The minimum Gasteiger partial charge on any atom is -0.455 e. The first-order valence-electron chi connectivity index (χ1n) is 19.8. The molecule has 0 N–H and O–H groups in total. The van der Waals surface area contributed by atoms with Gasteiger partial charge in [0.25, 0.3) is 0 Å². The number of benzene rings is 9. The van der Waals surface area contributed by atoms with Gasteiger partial charge < -0.3 is 4.42 Å². The van der Waals surface area contributed by atoms with Gasteiger partial charge >= 0.3 is 0 Å². The molecule has 10 aromatic rings. The standard InChI is InChI=1S/C51H26B8O/c1-51(2)32-12-6-5-10-29(32)31-22-26(19-21-33(31)51)36-40-38(42(52)46(56)48(58)44(40)54)35(39-41(36)45(55)49(59)47(57)43(39)53)25-16-14-24(15-17-25)27-11-7-13-34-37(27)30-20-18-23-8-3-4-9-28(23)50(30)60-34/h3-22H,1-2H3. The lowest BCUT2D eigenvalue weighted by Crippen LogP contribution is -2.50. The molecule has 16 radical (unpaired) electrons. The molecule has 0 fully saturated rings. The molecule has 1 aliphatic rings. The lowest BCUT2D eigenvalue weighted by molar-refractivity contribution is 0.660. The minimum absolute atomic E-state index is 0.175. The van der Waals surface area contributed by atoms with E-state index in [2.05, 4.69) is 98.8 Å². The highest BCUT2D eigenvalue weighted by Gasteiger charge is 2.35. The Morgan fingerprint density at radius 2 is 0.900 bits per heavy atom. The molecule has 11 rings (SSSR count). The van der Waals surface area contributed by atoms with Crippen LogP contribution in [0.25, 0.3) is 98.8 Å². The first kappa shape index (κ1) is 37.1. The predicted octanol–water partition coefficient (Wildman–Crippen LogP) is 4.70. The van der Waals surface area contributed by atoms with E-state index < -0.39 is 0 Å². The molecule has 1 nitrogen and oxygen atoms in total. The van der Waals surface area contributed by atoms with Crippen molar-refractivity contribution in [2.45, 2.75) is 19.3 Å². The number of rotatable bonds is 3. The Bertz CT molecular complexity index is 3470. The number of furan rings is 1. The van der Waals surface area contributed by atoms with E-state index in [1.54, 1.807) is 0 Å². The van der Waals surface area contributed by atoms with Gasteiger partial charge in [0.2, 0.25) is 0 Å². The lowest BCUT2D eigenvalue weighted by atomic mass is 9.59. The highest BCUT2D eigenvalue weighted by Crippen LogP contribution is 2.51. The van der Waals surface area contributed by atoms with Gasteiger partial charge in [-0.25, -0.2) is 0 Å². The van der Waals surface area contributed by atoms with E-state index >= 15 is 0 Å². The van der Waals surface area contributed by atoms with Gasteiger partial charge in [-0.1, -0.05) is 139 Å². The summed E-state index contributed by atoms with van der Waals surface area (Å²) in [6.07, 6.45) is 0. The normalized spacial score (nSPS) is 13.2. The minimum atomic E-state index is -0.208. The third-order valence-corrected chi connectivity index (χ3v) is 13.1. The number of fused-ring (bicyclic) bond motifs is 10. The van der Waals surface area contributed by atoms with E-state index in [4.69, 9.17) is 67.2 Å². The molecule has 0 saturated carbocycles. The number of hydrogen-bond donors (Lipinski definition) is 0. The van der Waals surface area contributed by atoms with Crippen LogP contribution in [0.5, 0.6) is 0 Å². The van der Waals surface area contributed by atoms with Crippen LogP contribution in [-0.4, -0.2) is 62.8 Å². The van der Waals surface area contributed by atoms with Crippen molar-refractivity contribution in [2.24, 2.45) is 0 Å². The SMILES string of the molecule is [B]c1c([B])c([B])c2c(-c3ccc4c(c3)-c3ccccc3C4(C)C)c3c([B])c([B])c([B])c([B])c3c(-c3ccc(-c4cccc5oc6c7ccccc7ccc6c45)cc3)c2c1[B]. The van der Waals surface area contributed by atoms with Crippen LogP contribution in [0, 0.1) is 0 Å². The molecule has 0 unspecified atom stereocenters. The molecule has 1 aliphatic carbocycles. The Kier molecular flexibility index (Phi) is 8.06. The van der Waals surface area contributed by atoms with Crippen molar-refractivity contribution in [3.63, 3.8) is 0 Å². The molecule has 1 aromatic heterocycles. The molecule has 0 spiro atoms. The summed E-state index contributed by atoms with van der Waals surface area (Å²) in [6.45, 7) is 4.48. The second kappa shape index (κ2) is 13.0. The molecular formula is C51H26B8O. The molecule has 60 heavy (non-hydrogen) atoms. The van der Waals surface area contributed by atoms with E-state index in [0.29, 0.717) is 32.7 Å². The van der Waals surface area contributed by atoms with Gasteiger partial charge in [0, 0.05) is 21.6 Å². The highest BCUT2D eigenvalue weighted by molar-refractivity contribution is 6.71. The van der Waals surface area contributed by atoms with Crippen molar-refractivity contribution in [1.29, 1.82) is 0 Å². The Morgan fingerprint density at radius 1 is 0.383 bits per heavy atom. The Hall–Kier alpha value is -5.92. The largest absolute Gasteiger partial charge is 0.455 e. The van der Waals surface area contributed by atoms with Crippen molar-refractivity contribution in [2.75, 3.05) is 0 Å². The summed E-state index contributed by atoms with van der Waals surface area (Å²) in [5.41, 5.74) is 12.9. The van der Waals surface area contributed by atoms with Gasteiger partial charge in [-0.05, 0) is 101 Å². The molecule has 0 atom stereocenters. The maximum atomic E-state index is 7.08. The van der Waals surface area contributed by atoms with Crippen molar-refractivity contribution >= 4 is 161 Å². The molecule has 0 saturated heterocycles. The van der Waals surface area contributed by atoms with Gasteiger partial charge in [0.15, 0.2) is 0 Å². The first-order valence-corrected chi connectivity index (χ1v) is 19.8. The molecule has 1 heterocycles. The summed E-state index contributed by atoms with van der Waals surface area (Å²) in [4.78, 5) is 0. The van der Waals surface area contributed by atoms with Crippen LogP contribution in [0.15, 0.2) is 126 Å². The molecule has 0 aliphatic heterocycles. The average molecular weight is 741 g/mol. The van der Waals surface area contributed by atoms with Crippen molar-refractivity contribution in [1.82, 2.24) is 0 Å². The molecule has 260 valence electrons. The third kappa shape index (κ3) is 4.93. The van der Waals surface area contributed by atoms with Gasteiger partial charge in [-0.3, -0.25) is 0 Å². The maximum Gasteiger partial charge on any atom is 0.143 e. The summed E-state index contributed by atoms with van der Waals surface area (Å²) >= 11 is 0. The zero-order chi connectivity index (χ0) is 41.5. The predicted molar refractivity (Wildman–Crippen MR) is 263 cm³/mol. The second-order valence-electron chi connectivity index (χ2n) is 16.5. The van der Waals surface area contributed by atoms with E-state index in [0.717, 1.165) is 66.1 Å². The third-order valence-electron chi connectivity index (χ3n) is 13.1. The van der Waals surface area contributed by atoms with Crippen LogP contribution in [0.3, 0.4) is 0 Å². The average Bonchev–Trinajstić information content (AvgIpc) is 3.77. The van der Waals surface area contributed by atoms with Crippen LogP contribution in [0.2, 0.25) is 0 Å². The molecule has 9 heteroatoms. The second-order valence-corrected chi connectivity index (χ2v) is 16.5. The van der Waals surface area contributed by atoms with Gasteiger partial charge in [0.1, 0.15) is 73.9 Å². The highest BCUT2D eigenvalue weighted by atomic mass is 16.3. The quantitative estimate of drug-likeness (QED) is 0.189. The molecule has 0 bridgehead atoms. The summed E-state index contributed by atoms with van der Waals surface area (Å²) in [7, 11) is 55.1.